The Bertz CT molecular complexity index is 1530. The van der Waals surface area contributed by atoms with Gasteiger partial charge in [0.1, 0.15) is 5.75 Å². The smallest absolute Gasteiger partial charge is 0.128 e. The van der Waals surface area contributed by atoms with Crippen molar-refractivity contribution >= 4 is 11.4 Å². The number of benzene rings is 3. The number of hydrogen-bond acceptors (Lipinski definition) is 5. The number of ether oxygens (including phenoxy) is 1. The summed E-state index contributed by atoms with van der Waals surface area (Å²) in [5.74, 6) is 1.64. The van der Waals surface area contributed by atoms with Crippen LogP contribution >= 0.6 is 0 Å². The molecule has 232 valence electrons. The number of aromatic nitrogens is 1. The second kappa shape index (κ2) is 16.5. The lowest BCUT2D eigenvalue weighted by atomic mass is 9.91. The van der Waals surface area contributed by atoms with E-state index in [0.717, 1.165) is 28.4 Å². The molecule has 5 nitrogen and oxygen atoms in total. The average molecular weight is 591 g/mol. The van der Waals surface area contributed by atoms with Crippen molar-refractivity contribution in [1.29, 1.82) is 0 Å². The molecular weight excluding hydrogens is 540 g/mol. The highest BCUT2D eigenvalue weighted by Crippen LogP contribution is 2.37. The first-order chi connectivity index (χ1) is 21.1. The Labute approximate surface area is 265 Å². The van der Waals surface area contributed by atoms with Crippen molar-refractivity contribution in [2.75, 3.05) is 26.5 Å². The van der Waals surface area contributed by atoms with Crippen LogP contribution in [0.2, 0.25) is 0 Å². The molecule has 5 heteroatoms. The van der Waals surface area contributed by atoms with Gasteiger partial charge in [-0.3, -0.25) is 9.98 Å². The molecule has 0 saturated heterocycles. The molecule has 4 rings (SSSR count). The lowest BCUT2D eigenvalue weighted by Crippen LogP contribution is -2.17. The van der Waals surface area contributed by atoms with Crippen molar-refractivity contribution in [1.82, 2.24) is 10.3 Å². The maximum Gasteiger partial charge on any atom is 0.128 e. The maximum atomic E-state index is 5.61. The summed E-state index contributed by atoms with van der Waals surface area (Å²) in [6.07, 6.45) is 0. The minimum absolute atomic E-state index is 0.0896. The minimum atomic E-state index is -0.0896. The van der Waals surface area contributed by atoms with Gasteiger partial charge in [-0.05, 0) is 79.1 Å². The van der Waals surface area contributed by atoms with E-state index in [9.17, 15) is 0 Å². The van der Waals surface area contributed by atoms with Crippen LogP contribution in [0.4, 0.5) is 5.69 Å². The fourth-order valence-electron chi connectivity index (χ4n) is 5.08. The predicted octanol–water partition coefficient (Wildman–Crippen LogP) is 9.80. The number of nitrogens with one attached hydrogen (secondary N) is 2. The molecule has 1 heterocycles. The van der Waals surface area contributed by atoms with E-state index in [1.807, 2.05) is 52.2 Å². The third kappa shape index (κ3) is 8.59. The van der Waals surface area contributed by atoms with Gasteiger partial charge in [-0.1, -0.05) is 94.4 Å². The van der Waals surface area contributed by atoms with Crippen molar-refractivity contribution < 1.29 is 4.74 Å². The zero-order chi connectivity index (χ0) is 32.2. The number of hydrogen-bond donors (Lipinski definition) is 2. The topological polar surface area (TPSA) is 58.5 Å². The highest BCUT2D eigenvalue weighted by atomic mass is 16.5. The van der Waals surface area contributed by atoms with E-state index in [-0.39, 0.29) is 6.04 Å². The van der Waals surface area contributed by atoms with Crippen molar-refractivity contribution in [3.8, 4) is 17.0 Å². The summed E-state index contributed by atoms with van der Waals surface area (Å²) in [6.45, 7) is 15.1. The van der Waals surface area contributed by atoms with Gasteiger partial charge in [0.25, 0.3) is 0 Å². The Morgan fingerprint density at radius 2 is 1.34 bits per heavy atom. The van der Waals surface area contributed by atoms with Gasteiger partial charge >= 0.3 is 0 Å². The summed E-state index contributed by atoms with van der Waals surface area (Å²) in [5.41, 5.74) is 11.4. The largest absolute Gasteiger partial charge is 0.496 e. The van der Waals surface area contributed by atoms with Crippen molar-refractivity contribution in [2.45, 2.75) is 66.3 Å². The maximum absolute atomic E-state index is 5.61. The van der Waals surface area contributed by atoms with Crippen molar-refractivity contribution in [3.05, 3.63) is 125 Å². The second-order valence-electron chi connectivity index (χ2n) is 11.6. The Balaban J connectivity index is 0.000000456. The molecule has 4 aromatic rings. The van der Waals surface area contributed by atoms with Crippen LogP contribution in [0.15, 0.2) is 107 Å². The Morgan fingerprint density at radius 1 is 0.750 bits per heavy atom. The first-order valence-electron chi connectivity index (χ1n) is 15.5. The highest BCUT2D eigenvalue weighted by Gasteiger charge is 2.21. The summed E-state index contributed by atoms with van der Waals surface area (Å²) >= 11 is 0. The van der Waals surface area contributed by atoms with E-state index < -0.39 is 0 Å². The molecule has 1 aromatic heterocycles. The van der Waals surface area contributed by atoms with Gasteiger partial charge in [-0.25, -0.2) is 0 Å². The normalized spacial score (nSPS) is 12.7. The first kappa shape index (κ1) is 34.1. The average Bonchev–Trinajstić information content (AvgIpc) is 3.06. The number of nitrogens with zero attached hydrogens (tertiary/aromatic N) is 2. The number of pyridine rings is 1. The van der Waals surface area contributed by atoms with Crippen molar-refractivity contribution in [2.24, 2.45) is 4.99 Å². The van der Waals surface area contributed by atoms with Crippen LogP contribution in [0.3, 0.4) is 0 Å². The van der Waals surface area contributed by atoms with Gasteiger partial charge < -0.3 is 15.4 Å². The van der Waals surface area contributed by atoms with Crippen LogP contribution in [0, 0.1) is 0 Å². The number of methoxy groups -OCH3 is 1. The Morgan fingerprint density at radius 3 is 1.91 bits per heavy atom. The number of allylic oxidation sites excluding steroid dienone is 2. The first-order valence-corrected chi connectivity index (χ1v) is 15.5. The molecule has 0 fully saturated rings. The monoisotopic (exact) mass is 590 g/mol. The van der Waals surface area contributed by atoms with Gasteiger partial charge in [0.05, 0.1) is 24.5 Å². The molecular formula is C39H50N4O. The van der Waals surface area contributed by atoms with Crippen LogP contribution in [-0.4, -0.2) is 31.9 Å². The van der Waals surface area contributed by atoms with E-state index in [1.54, 1.807) is 7.11 Å². The number of para-hydroxylation sites is 2. The molecule has 0 aliphatic rings. The lowest BCUT2D eigenvalue weighted by Gasteiger charge is -2.27. The van der Waals surface area contributed by atoms with Crippen LogP contribution in [0.5, 0.6) is 5.75 Å². The molecule has 1 atom stereocenters. The predicted molar refractivity (Wildman–Crippen MR) is 189 cm³/mol. The molecule has 0 saturated carbocycles. The standard InChI is InChI=1S/C31H34N2O.C8H16N2/c1-21(2)24-16-11-17-25(22(3)4)31(24)33-30(23-13-7-6-8-14-23)28-19-12-18-27(32-28)26-15-9-10-20-29(26)34-5;1-6(7(2)9-4)8(3)10-5/h6-22,30,33H,1-5H3;9H,1-5H3/b;7-6-,10-8?. The number of anilines is 1. The SMILES string of the molecule is CN=C(C)/C(C)=C(/C)NC.COc1ccccc1-c1cccc(C(Nc2c(C(C)C)cccc2C(C)C)c2ccccc2)n1. The van der Waals surface area contributed by atoms with Crippen LogP contribution < -0.4 is 15.4 Å². The van der Waals surface area contributed by atoms with Gasteiger partial charge in [0.15, 0.2) is 0 Å². The summed E-state index contributed by atoms with van der Waals surface area (Å²) in [6, 6.07) is 31.4. The van der Waals surface area contributed by atoms with E-state index >= 15 is 0 Å². The van der Waals surface area contributed by atoms with E-state index in [2.05, 4.69) is 117 Å². The third-order valence-electron chi connectivity index (χ3n) is 8.06. The number of aliphatic imine (C=N–C) groups is 1. The summed E-state index contributed by atoms with van der Waals surface area (Å²) in [7, 11) is 5.43. The van der Waals surface area contributed by atoms with Crippen LogP contribution in [0.1, 0.15) is 88.7 Å². The molecule has 1 unspecified atom stereocenters. The molecule has 0 aliphatic heterocycles. The van der Waals surface area contributed by atoms with Gasteiger partial charge in [-0.2, -0.15) is 0 Å². The molecule has 0 spiro atoms. The summed E-state index contributed by atoms with van der Waals surface area (Å²) in [5, 5.41) is 7.00. The van der Waals surface area contributed by atoms with Crippen LogP contribution in [0.25, 0.3) is 11.3 Å². The van der Waals surface area contributed by atoms with Crippen LogP contribution in [-0.2, 0) is 0 Å². The molecule has 44 heavy (non-hydrogen) atoms. The fourth-order valence-corrected chi connectivity index (χ4v) is 5.08. The van der Waals surface area contributed by atoms with E-state index in [4.69, 9.17) is 9.72 Å². The molecule has 0 amide bonds. The molecule has 0 bridgehead atoms. The Kier molecular flexibility index (Phi) is 12.8. The van der Waals surface area contributed by atoms with Gasteiger partial charge in [-0.15, -0.1) is 0 Å². The van der Waals surface area contributed by atoms with Crippen molar-refractivity contribution in [3.63, 3.8) is 0 Å². The summed E-state index contributed by atoms with van der Waals surface area (Å²) in [4.78, 5) is 9.21. The lowest BCUT2D eigenvalue weighted by molar-refractivity contribution is 0.416. The third-order valence-corrected chi connectivity index (χ3v) is 8.06. The molecule has 0 radical (unpaired) electrons. The van der Waals surface area contributed by atoms with E-state index in [0.29, 0.717) is 11.8 Å². The number of rotatable bonds is 10. The second-order valence-corrected chi connectivity index (χ2v) is 11.6. The molecule has 2 N–H and O–H groups in total. The van der Waals surface area contributed by atoms with Gasteiger partial charge in [0, 0.05) is 36.8 Å². The van der Waals surface area contributed by atoms with E-state index in [1.165, 1.54) is 33.6 Å². The highest BCUT2D eigenvalue weighted by molar-refractivity contribution is 5.98. The quantitative estimate of drug-likeness (QED) is 0.181. The zero-order valence-electron chi connectivity index (χ0n) is 28.2. The zero-order valence-corrected chi connectivity index (χ0v) is 28.2. The minimum Gasteiger partial charge on any atom is -0.496 e. The summed E-state index contributed by atoms with van der Waals surface area (Å²) < 4.78 is 5.61. The molecule has 3 aromatic carbocycles. The fraction of sp³-hybridized carbons (Fsp3) is 0.333. The van der Waals surface area contributed by atoms with Gasteiger partial charge in [0.2, 0.25) is 0 Å². The molecule has 0 aliphatic carbocycles. The Hall–Kier alpha value is -4.38.